The van der Waals surface area contributed by atoms with Gasteiger partial charge in [0.2, 0.25) is 0 Å². The van der Waals surface area contributed by atoms with Gasteiger partial charge >= 0.3 is 0 Å². The minimum absolute atomic E-state index is 0.315. The second kappa shape index (κ2) is 11.0. The van der Waals surface area contributed by atoms with E-state index < -0.39 is 0 Å². The van der Waals surface area contributed by atoms with E-state index in [0.717, 1.165) is 27.9 Å². The topological polar surface area (TPSA) is 63.3 Å². The summed E-state index contributed by atoms with van der Waals surface area (Å²) >= 11 is 0.315. The highest BCUT2D eigenvalue weighted by Crippen LogP contribution is 2.28. The molecule has 1 heterocycles. The van der Waals surface area contributed by atoms with Crippen molar-refractivity contribution >= 4 is 29.7 Å². The molecule has 2 aromatic carbocycles. The first kappa shape index (κ1) is 20.6. The summed E-state index contributed by atoms with van der Waals surface area (Å²) in [5.74, 6) is 0.371. The number of rotatable bonds is 9. The molecule has 6 heteroatoms. The molecule has 0 unspecified atom stereocenters. The van der Waals surface area contributed by atoms with Gasteiger partial charge in [0.15, 0.2) is 0 Å². The van der Waals surface area contributed by atoms with E-state index in [1.54, 1.807) is 24.7 Å². The number of halogens is 1. The largest absolute Gasteiger partial charge is 0.398 e. The Bertz CT molecular complexity index is 959. The Morgan fingerprint density at radius 3 is 2.72 bits per heavy atom. The summed E-state index contributed by atoms with van der Waals surface area (Å²) in [5.41, 5.74) is 11.9. The second-order valence-electron chi connectivity index (χ2n) is 6.34. The van der Waals surface area contributed by atoms with Crippen LogP contribution in [-0.4, -0.2) is 23.5 Å². The summed E-state index contributed by atoms with van der Waals surface area (Å²) in [5, 5.41) is 3.26. The van der Waals surface area contributed by atoms with Crippen LogP contribution in [0.25, 0.3) is 16.8 Å². The Kier molecular flexibility index (Phi) is 7.83. The molecule has 3 N–H and O–H groups in total. The van der Waals surface area contributed by atoms with E-state index >= 15 is 0 Å². The van der Waals surface area contributed by atoms with Crippen molar-refractivity contribution in [3.05, 3.63) is 90.3 Å². The van der Waals surface area contributed by atoms with Crippen LogP contribution in [0, 0.1) is 0 Å². The molecular formula is C23H23FN4S. The molecule has 29 heavy (non-hydrogen) atoms. The third-order valence-corrected chi connectivity index (χ3v) is 4.65. The lowest BCUT2D eigenvalue weighted by Crippen LogP contribution is -2.08. The fourth-order valence-corrected chi connectivity index (χ4v) is 3.02. The first-order valence-corrected chi connectivity index (χ1v) is 10.2. The molecule has 1 aromatic heterocycles. The molecule has 0 saturated carbocycles. The average Bonchev–Trinajstić information content (AvgIpc) is 2.78. The summed E-state index contributed by atoms with van der Waals surface area (Å²) in [6.07, 6.45) is 7.02. The third kappa shape index (κ3) is 6.19. The molecule has 148 valence electrons. The van der Waals surface area contributed by atoms with Crippen LogP contribution < -0.4 is 11.1 Å². The van der Waals surface area contributed by atoms with Gasteiger partial charge < -0.3 is 11.1 Å². The van der Waals surface area contributed by atoms with Crippen molar-refractivity contribution in [3.63, 3.8) is 0 Å². The molecule has 0 radical (unpaired) electrons. The molecule has 3 rings (SSSR count). The van der Waals surface area contributed by atoms with Gasteiger partial charge in [-0.1, -0.05) is 42.5 Å². The van der Waals surface area contributed by atoms with Crippen molar-refractivity contribution in [2.45, 2.75) is 6.54 Å². The van der Waals surface area contributed by atoms with Crippen molar-refractivity contribution in [2.24, 2.45) is 10.7 Å². The molecule has 0 saturated heterocycles. The maximum Gasteiger partial charge on any atom is 0.0654 e. The van der Waals surface area contributed by atoms with Gasteiger partial charge in [0, 0.05) is 60.0 Å². The summed E-state index contributed by atoms with van der Waals surface area (Å²) in [7, 11) is 0. The first-order valence-electron chi connectivity index (χ1n) is 9.29. The number of pyridine rings is 1. The van der Waals surface area contributed by atoms with E-state index in [9.17, 15) is 3.89 Å². The summed E-state index contributed by atoms with van der Waals surface area (Å²) < 4.78 is 12.4. The van der Waals surface area contributed by atoms with Crippen LogP contribution in [-0.2, 0) is 6.54 Å². The zero-order valence-corrected chi connectivity index (χ0v) is 16.8. The zero-order valence-electron chi connectivity index (χ0n) is 16.0. The summed E-state index contributed by atoms with van der Waals surface area (Å²) in [6, 6.07) is 20.0. The van der Waals surface area contributed by atoms with Crippen molar-refractivity contribution < 1.29 is 3.89 Å². The molecule has 0 aliphatic rings. The highest BCUT2D eigenvalue weighted by Gasteiger charge is 2.08. The molecule has 0 spiro atoms. The molecule has 4 nitrogen and oxygen atoms in total. The van der Waals surface area contributed by atoms with Gasteiger partial charge in [-0.05, 0) is 41.0 Å². The molecule has 0 aliphatic carbocycles. The van der Waals surface area contributed by atoms with Gasteiger partial charge in [-0.2, -0.15) is 3.89 Å². The summed E-state index contributed by atoms with van der Waals surface area (Å²) in [4.78, 5) is 8.48. The van der Waals surface area contributed by atoms with E-state index in [1.807, 2.05) is 48.5 Å². The van der Waals surface area contributed by atoms with Gasteiger partial charge in [-0.25, -0.2) is 0 Å². The predicted molar refractivity (Wildman–Crippen MR) is 123 cm³/mol. The van der Waals surface area contributed by atoms with Crippen LogP contribution in [0.3, 0.4) is 0 Å². The number of aromatic nitrogens is 1. The van der Waals surface area contributed by atoms with Gasteiger partial charge in [0.05, 0.1) is 6.54 Å². The predicted octanol–water partition coefficient (Wildman–Crippen LogP) is 5.35. The van der Waals surface area contributed by atoms with E-state index in [2.05, 4.69) is 27.4 Å². The van der Waals surface area contributed by atoms with E-state index in [0.29, 0.717) is 36.7 Å². The number of aliphatic imine (C=N–C) groups is 1. The monoisotopic (exact) mass is 406 g/mol. The van der Waals surface area contributed by atoms with E-state index in [4.69, 9.17) is 5.73 Å². The molecule has 0 amide bonds. The van der Waals surface area contributed by atoms with Gasteiger partial charge in [-0.3, -0.25) is 9.98 Å². The maximum absolute atomic E-state index is 12.4. The lowest BCUT2D eigenvalue weighted by molar-refractivity contribution is 0.932. The quantitative estimate of drug-likeness (QED) is 0.371. The number of nitrogens with two attached hydrogens (primary N) is 1. The lowest BCUT2D eigenvalue weighted by atomic mass is 10.00. The van der Waals surface area contributed by atoms with Crippen LogP contribution in [0.1, 0.15) is 11.1 Å². The minimum Gasteiger partial charge on any atom is -0.398 e. The summed E-state index contributed by atoms with van der Waals surface area (Å²) in [6.45, 7) is 1.06. The smallest absolute Gasteiger partial charge is 0.0654 e. The number of nitrogens with one attached hydrogen (secondary N) is 1. The van der Waals surface area contributed by atoms with Crippen molar-refractivity contribution in [3.8, 4) is 11.1 Å². The normalized spacial score (nSPS) is 11.7. The van der Waals surface area contributed by atoms with Crippen molar-refractivity contribution in [1.82, 2.24) is 4.98 Å². The van der Waals surface area contributed by atoms with Gasteiger partial charge in [0.25, 0.3) is 0 Å². The van der Waals surface area contributed by atoms with Gasteiger partial charge in [0.1, 0.15) is 0 Å². The van der Waals surface area contributed by atoms with Crippen molar-refractivity contribution in [2.75, 3.05) is 17.6 Å². The Labute approximate surface area is 175 Å². The van der Waals surface area contributed by atoms with E-state index in [1.165, 1.54) is 0 Å². The number of anilines is 1. The molecule has 3 aromatic rings. The van der Waals surface area contributed by atoms with Crippen LogP contribution in [0.2, 0.25) is 0 Å². The number of hydrogen-bond acceptors (Lipinski definition) is 5. The zero-order chi connectivity index (χ0) is 20.3. The Hall–Kier alpha value is -3.12. The third-order valence-electron chi connectivity index (χ3n) is 4.29. The lowest BCUT2D eigenvalue weighted by Gasteiger charge is -2.14. The Morgan fingerprint density at radius 2 is 1.97 bits per heavy atom. The molecule has 0 aliphatic heterocycles. The number of hydrogen-bond donors (Lipinski definition) is 2. The van der Waals surface area contributed by atoms with Crippen LogP contribution in [0.4, 0.5) is 9.57 Å². The second-order valence-corrected chi connectivity index (χ2v) is 6.97. The van der Waals surface area contributed by atoms with Crippen LogP contribution in [0.5, 0.6) is 0 Å². The van der Waals surface area contributed by atoms with Crippen LogP contribution >= 0.6 is 12.1 Å². The highest BCUT2D eigenvalue weighted by atomic mass is 32.2. The molecule has 0 atom stereocenters. The van der Waals surface area contributed by atoms with Crippen LogP contribution in [0.15, 0.2) is 84.1 Å². The highest BCUT2D eigenvalue weighted by molar-refractivity contribution is 7.94. The van der Waals surface area contributed by atoms with Crippen molar-refractivity contribution in [1.29, 1.82) is 0 Å². The fourth-order valence-electron chi connectivity index (χ4n) is 2.84. The molecule has 0 bridgehead atoms. The average molecular weight is 407 g/mol. The van der Waals surface area contributed by atoms with E-state index in [-0.39, 0.29) is 0 Å². The SMILES string of the molecule is N/C(=C\C=NCc1cccnc1)c1cc(-c2ccccc2)ccc1NCCSF. The first-order chi connectivity index (χ1) is 14.3. The maximum atomic E-state index is 12.4. The fraction of sp³-hybridized carbons (Fsp3) is 0.130. The Balaban J connectivity index is 1.82. The Morgan fingerprint density at radius 1 is 1.10 bits per heavy atom. The standard InChI is InChI=1S/C23H23FN4S/c24-29-14-13-28-23-9-8-20(19-6-2-1-3-7-19)15-21(23)22(25)10-12-27-17-18-5-4-11-26-16-18/h1-12,15-16,28H,13-14,17,25H2/b22-10-,27-12?. The van der Waals surface area contributed by atoms with Gasteiger partial charge in [-0.15, -0.1) is 0 Å². The number of allylic oxidation sites excluding steroid dienone is 1. The molecular weight excluding hydrogens is 383 g/mol. The minimum atomic E-state index is 0.315. The number of nitrogens with zero attached hydrogens (tertiary/aromatic N) is 2. The molecule has 0 fully saturated rings. The number of benzene rings is 2.